The number of halogens is 2. The monoisotopic (exact) mass is 216 g/mol. The molecule has 0 aromatic carbocycles. The fourth-order valence-corrected chi connectivity index (χ4v) is 0.737. The first-order valence-electron chi connectivity index (χ1n) is 3.76. The molecule has 0 amide bonds. The molecule has 0 aromatic rings. The summed E-state index contributed by atoms with van der Waals surface area (Å²) in [6.45, 7) is 1.75. The molecule has 0 bridgehead atoms. The lowest BCUT2D eigenvalue weighted by atomic mass is 10.4. The van der Waals surface area contributed by atoms with E-state index in [1.54, 1.807) is 0 Å². The third kappa shape index (κ3) is 8.56. The lowest BCUT2D eigenvalue weighted by molar-refractivity contribution is 0.0134. The molecule has 0 fully saturated rings. The van der Waals surface area contributed by atoms with E-state index >= 15 is 0 Å². The number of hydrogen-bond donors (Lipinski definition) is 1. The molecular formula is C7H14Cl2O3. The van der Waals surface area contributed by atoms with Crippen LogP contribution in [0, 0.1) is 0 Å². The Kier molecular flexibility index (Phi) is 9.91. The molecule has 0 aliphatic rings. The second-order valence-corrected chi connectivity index (χ2v) is 2.87. The number of ether oxygens (including phenoxy) is 2. The summed E-state index contributed by atoms with van der Waals surface area (Å²) in [5, 5.41) is 8.94. The minimum atomic E-state index is -0.584. The molecule has 0 saturated heterocycles. The van der Waals surface area contributed by atoms with Crippen LogP contribution in [0.2, 0.25) is 0 Å². The minimum absolute atomic E-state index is 0.197. The average molecular weight is 217 g/mol. The molecule has 0 aromatic heterocycles. The van der Waals surface area contributed by atoms with Gasteiger partial charge in [-0.3, -0.25) is 0 Å². The standard InChI is InChI=1S/C7H14Cl2O3/c8-1-2-11-3-4-12-6-7(10)5-9/h7,10H,1-6H2/t7-/m0/s1. The smallest absolute Gasteiger partial charge is 0.0908 e. The molecule has 0 spiro atoms. The number of aliphatic hydroxyl groups is 1. The van der Waals surface area contributed by atoms with Crippen molar-refractivity contribution >= 4 is 23.2 Å². The summed E-state index contributed by atoms with van der Waals surface area (Å²) in [5.41, 5.74) is 0. The molecule has 74 valence electrons. The highest BCUT2D eigenvalue weighted by molar-refractivity contribution is 6.18. The topological polar surface area (TPSA) is 38.7 Å². The van der Waals surface area contributed by atoms with Crippen LogP contribution >= 0.6 is 23.2 Å². The average Bonchev–Trinajstić information content (AvgIpc) is 2.10. The molecule has 0 aliphatic carbocycles. The van der Waals surface area contributed by atoms with Crippen molar-refractivity contribution in [2.75, 3.05) is 38.2 Å². The second-order valence-electron chi connectivity index (χ2n) is 2.18. The number of hydrogen-bond acceptors (Lipinski definition) is 3. The Balaban J connectivity index is 2.90. The van der Waals surface area contributed by atoms with E-state index < -0.39 is 6.10 Å². The highest BCUT2D eigenvalue weighted by atomic mass is 35.5. The minimum Gasteiger partial charge on any atom is -0.389 e. The second kappa shape index (κ2) is 9.55. The van der Waals surface area contributed by atoms with E-state index in [9.17, 15) is 0 Å². The Bertz CT molecular complexity index is 92.7. The van der Waals surface area contributed by atoms with E-state index in [2.05, 4.69) is 0 Å². The summed E-state index contributed by atoms with van der Waals surface area (Å²) >= 11 is 10.7. The first-order chi connectivity index (χ1) is 5.81. The maximum atomic E-state index is 8.94. The van der Waals surface area contributed by atoms with Crippen LogP contribution in [-0.2, 0) is 9.47 Å². The predicted octanol–water partition coefficient (Wildman–Crippen LogP) is 0.858. The lowest BCUT2D eigenvalue weighted by Crippen LogP contribution is -2.18. The first-order valence-corrected chi connectivity index (χ1v) is 4.83. The Hall–Kier alpha value is 0.460. The normalized spacial score (nSPS) is 13.2. The van der Waals surface area contributed by atoms with Crippen LogP contribution in [0.5, 0.6) is 0 Å². The third-order valence-corrected chi connectivity index (χ3v) is 1.59. The van der Waals surface area contributed by atoms with E-state index in [0.29, 0.717) is 25.7 Å². The summed E-state index contributed by atoms with van der Waals surface area (Å²) in [6.07, 6.45) is -0.584. The molecule has 1 atom stereocenters. The van der Waals surface area contributed by atoms with Crippen LogP contribution < -0.4 is 0 Å². The quantitative estimate of drug-likeness (QED) is 0.484. The largest absolute Gasteiger partial charge is 0.389 e. The predicted molar refractivity (Wildman–Crippen MR) is 49.1 cm³/mol. The third-order valence-electron chi connectivity index (χ3n) is 1.08. The molecule has 12 heavy (non-hydrogen) atoms. The summed E-state index contributed by atoms with van der Waals surface area (Å²) in [7, 11) is 0. The van der Waals surface area contributed by atoms with Gasteiger partial charge in [-0.15, -0.1) is 23.2 Å². The summed E-state index contributed by atoms with van der Waals surface area (Å²) in [5.74, 6) is 0.687. The van der Waals surface area contributed by atoms with Gasteiger partial charge in [-0.05, 0) is 0 Å². The van der Waals surface area contributed by atoms with Gasteiger partial charge in [0.2, 0.25) is 0 Å². The van der Waals surface area contributed by atoms with Crippen molar-refractivity contribution in [3.05, 3.63) is 0 Å². The van der Waals surface area contributed by atoms with Gasteiger partial charge < -0.3 is 14.6 Å². The van der Waals surface area contributed by atoms with Gasteiger partial charge >= 0.3 is 0 Å². The molecule has 3 nitrogen and oxygen atoms in total. The van der Waals surface area contributed by atoms with E-state index in [-0.39, 0.29) is 12.5 Å². The zero-order valence-electron chi connectivity index (χ0n) is 6.84. The molecule has 0 unspecified atom stereocenters. The zero-order valence-corrected chi connectivity index (χ0v) is 8.35. The van der Waals surface area contributed by atoms with Crippen LogP contribution in [0.4, 0.5) is 0 Å². The maximum Gasteiger partial charge on any atom is 0.0908 e. The van der Waals surface area contributed by atoms with Crippen molar-refractivity contribution in [3.63, 3.8) is 0 Å². The van der Waals surface area contributed by atoms with Crippen molar-refractivity contribution in [1.29, 1.82) is 0 Å². The number of alkyl halides is 2. The van der Waals surface area contributed by atoms with Crippen LogP contribution in [0.15, 0.2) is 0 Å². The first kappa shape index (κ1) is 12.5. The molecule has 0 radical (unpaired) electrons. The van der Waals surface area contributed by atoms with Gasteiger partial charge in [0.15, 0.2) is 0 Å². The number of aliphatic hydroxyl groups excluding tert-OH is 1. The van der Waals surface area contributed by atoms with Gasteiger partial charge in [-0.2, -0.15) is 0 Å². The van der Waals surface area contributed by atoms with Gasteiger partial charge in [0, 0.05) is 5.88 Å². The van der Waals surface area contributed by atoms with Gasteiger partial charge in [0.25, 0.3) is 0 Å². The SMILES string of the molecule is O[C@@H](CCl)COCCOCCCl. The van der Waals surface area contributed by atoms with Crippen molar-refractivity contribution in [3.8, 4) is 0 Å². The Labute approximate surface area is 82.6 Å². The maximum absolute atomic E-state index is 8.94. The summed E-state index contributed by atoms with van der Waals surface area (Å²) in [4.78, 5) is 0. The van der Waals surface area contributed by atoms with E-state index in [4.69, 9.17) is 37.8 Å². The van der Waals surface area contributed by atoms with Gasteiger partial charge in [0.05, 0.1) is 38.4 Å². The van der Waals surface area contributed by atoms with Crippen LogP contribution in [0.1, 0.15) is 0 Å². The lowest BCUT2D eigenvalue weighted by Gasteiger charge is -2.07. The van der Waals surface area contributed by atoms with E-state index in [0.717, 1.165) is 0 Å². The Morgan fingerprint density at radius 2 is 1.75 bits per heavy atom. The van der Waals surface area contributed by atoms with Gasteiger partial charge in [0.1, 0.15) is 0 Å². The van der Waals surface area contributed by atoms with Crippen molar-refractivity contribution < 1.29 is 14.6 Å². The molecule has 0 rings (SSSR count). The van der Waals surface area contributed by atoms with E-state index in [1.165, 1.54) is 0 Å². The van der Waals surface area contributed by atoms with Gasteiger partial charge in [-0.25, -0.2) is 0 Å². The molecule has 5 heteroatoms. The molecule has 0 saturated carbocycles. The highest BCUT2D eigenvalue weighted by Gasteiger charge is 2.00. The molecular weight excluding hydrogens is 203 g/mol. The van der Waals surface area contributed by atoms with Crippen molar-refractivity contribution in [1.82, 2.24) is 0 Å². The fraction of sp³-hybridized carbons (Fsp3) is 1.00. The summed E-state index contributed by atoms with van der Waals surface area (Å²) in [6, 6.07) is 0. The molecule has 0 heterocycles. The highest BCUT2D eigenvalue weighted by Crippen LogP contribution is 1.89. The fourth-order valence-electron chi connectivity index (χ4n) is 0.538. The van der Waals surface area contributed by atoms with Gasteiger partial charge in [-0.1, -0.05) is 0 Å². The van der Waals surface area contributed by atoms with Crippen molar-refractivity contribution in [2.45, 2.75) is 6.10 Å². The summed E-state index contributed by atoms with van der Waals surface area (Å²) < 4.78 is 10.1. The Morgan fingerprint density at radius 1 is 1.08 bits per heavy atom. The molecule has 1 N–H and O–H groups in total. The zero-order chi connectivity index (χ0) is 9.23. The van der Waals surface area contributed by atoms with E-state index in [1.807, 2.05) is 0 Å². The Morgan fingerprint density at radius 3 is 2.33 bits per heavy atom. The number of rotatable bonds is 8. The van der Waals surface area contributed by atoms with Crippen LogP contribution in [-0.4, -0.2) is 49.4 Å². The molecule has 0 aliphatic heterocycles. The van der Waals surface area contributed by atoms with Crippen molar-refractivity contribution in [2.24, 2.45) is 0 Å². The van der Waals surface area contributed by atoms with Crippen LogP contribution in [0.3, 0.4) is 0 Å². The van der Waals surface area contributed by atoms with Crippen LogP contribution in [0.25, 0.3) is 0 Å².